The molecule has 0 radical (unpaired) electrons. The summed E-state index contributed by atoms with van der Waals surface area (Å²) in [6.07, 6.45) is 3.73. The summed E-state index contributed by atoms with van der Waals surface area (Å²) in [7, 11) is 1.89. The molecule has 2 aromatic rings. The molecule has 0 fully saturated rings. The molecule has 4 nitrogen and oxygen atoms in total. The number of nitrogens with zero attached hydrogens (tertiary/aromatic N) is 2. The Labute approximate surface area is 95.1 Å². The Bertz CT molecular complexity index is 510. The SMILES string of the molecule is Cc1oc(C)c(C(N)c2cnn(C)c2)c1C. The van der Waals surface area contributed by atoms with Gasteiger partial charge in [-0.25, -0.2) is 0 Å². The second-order valence-corrected chi connectivity index (χ2v) is 4.18. The van der Waals surface area contributed by atoms with Crippen molar-refractivity contribution in [1.82, 2.24) is 9.78 Å². The van der Waals surface area contributed by atoms with Gasteiger partial charge in [-0.1, -0.05) is 0 Å². The monoisotopic (exact) mass is 219 g/mol. The largest absolute Gasteiger partial charge is 0.466 e. The summed E-state index contributed by atoms with van der Waals surface area (Å²) in [4.78, 5) is 0. The Kier molecular flexibility index (Phi) is 2.59. The molecular formula is C12H17N3O. The van der Waals surface area contributed by atoms with Gasteiger partial charge in [-0.3, -0.25) is 4.68 Å². The molecule has 16 heavy (non-hydrogen) atoms. The van der Waals surface area contributed by atoms with Crippen LogP contribution in [-0.2, 0) is 7.05 Å². The first-order valence-corrected chi connectivity index (χ1v) is 5.31. The molecule has 0 saturated heterocycles. The molecule has 0 saturated carbocycles. The maximum Gasteiger partial charge on any atom is 0.106 e. The minimum Gasteiger partial charge on any atom is -0.466 e. The van der Waals surface area contributed by atoms with Crippen molar-refractivity contribution in [2.45, 2.75) is 26.8 Å². The van der Waals surface area contributed by atoms with Gasteiger partial charge in [-0.05, 0) is 26.3 Å². The predicted octanol–water partition coefficient (Wildman–Crippen LogP) is 1.99. The van der Waals surface area contributed by atoms with E-state index in [-0.39, 0.29) is 6.04 Å². The lowest BCUT2D eigenvalue weighted by molar-refractivity contribution is 0.498. The molecule has 2 heterocycles. The minimum atomic E-state index is -0.161. The van der Waals surface area contributed by atoms with E-state index < -0.39 is 0 Å². The van der Waals surface area contributed by atoms with Crippen LogP contribution in [0.25, 0.3) is 0 Å². The van der Waals surface area contributed by atoms with Crippen LogP contribution in [0, 0.1) is 20.8 Å². The van der Waals surface area contributed by atoms with Crippen LogP contribution >= 0.6 is 0 Å². The molecule has 0 amide bonds. The molecule has 0 aromatic carbocycles. The molecule has 1 unspecified atom stereocenters. The third kappa shape index (κ3) is 1.65. The Morgan fingerprint density at radius 2 is 2.00 bits per heavy atom. The van der Waals surface area contributed by atoms with Crippen LogP contribution in [0.15, 0.2) is 16.8 Å². The maximum atomic E-state index is 6.23. The first-order chi connectivity index (χ1) is 7.50. The molecule has 1 atom stereocenters. The third-order valence-corrected chi connectivity index (χ3v) is 3.01. The summed E-state index contributed by atoms with van der Waals surface area (Å²) in [6, 6.07) is -0.161. The number of hydrogen-bond donors (Lipinski definition) is 1. The van der Waals surface area contributed by atoms with Crippen LogP contribution in [0.1, 0.15) is 34.3 Å². The fourth-order valence-corrected chi connectivity index (χ4v) is 2.03. The molecule has 86 valence electrons. The molecule has 0 bridgehead atoms. The summed E-state index contributed by atoms with van der Waals surface area (Å²) >= 11 is 0. The van der Waals surface area contributed by atoms with E-state index in [1.54, 1.807) is 10.9 Å². The first-order valence-electron chi connectivity index (χ1n) is 5.31. The highest BCUT2D eigenvalue weighted by Crippen LogP contribution is 2.29. The van der Waals surface area contributed by atoms with Crippen LogP contribution in [0.4, 0.5) is 0 Å². The fourth-order valence-electron chi connectivity index (χ4n) is 2.03. The molecule has 4 heteroatoms. The van der Waals surface area contributed by atoms with Crippen molar-refractivity contribution >= 4 is 0 Å². The first kappa shape index (κ1) is 11.0. The summed E-state index contributed by atoms with van der Waals surface area (Å²) in [5, 5.41) is 4.14. The van der Waals surface area contributed by atoms with Gasteiger partial charge in [0.05, 0.1) is 12.2 Å². The Hall–Kier alpha value is -1.55. The van der Waals surface area contributed by atoms with Gasteiger partial charge in [-0.15, -0.1) is 0 Å². The molecule has 0 spiro atoms. The van der Waals surface area contributed by atoms with Crippen molar-refractivity contribution in [2.75, 3.05) is 0 Å². The zero-order valence-corrected chi connectivity index (χ0v) is 10.1. The van der Waals surface area contributed by atoms with Gasteiger partial charge in [0, 0.05) is 24.4 Å². The van der Waals surface area contributed by atoms with Gasteiger partial charge >= 0.3 is 0 Å². The van der Waals surface area contributed by atoms with Gasteiger partial charge in [0.25, 0.3) is 0 Å². The van der Waals surface area contributed by atoms with Crippen molar-refractivity contribution in [1.29, 1.82) is 0 Å². The maximum absolute atomic E-state index is 6.23. The second kappa shape index (κ2) is 3.79. The summed E-state index contributed by atoms with van der Waals surface area (Å²) in [5.41, 5.74) is 9.45. The number of furan rings is 1. The zero-order valence-electron chi connectivity index (χ0n) is 10.1. The predicted molar refractivity (Wildman–Crippen MR) is 62.2 cm³/mol. The molecule has 0 aliphatic heterocycles. The van der Waals surface area contributed by atoms with Crippen LogP contribution in [0.5, 0.6) is 0 Å². The van der Waals surface area contributed by atoms with Crippen LogP contribution in [0.2, 0.25) is 0 Å². The lowest BCUT2D eigenvalue weighted by atomic mass is 9.99. The molecule has 2 N–H and O–H groups in total. The van der Waals surface area contributed by atoms with E-state index >= 15 is 0 Å². The zero-order chi connectivity index (χ0) is 11.9. The van der Waals surface area contributed by atoms with E-state index in [0.29, 0.717) is 0 Å². The number of hydrogen-bond acceptors (Lipinski definition) is 3. The van der Waals surface area contributed by atoms with Gasteiger partial charge in [0.15, 0.2) is 0 Å². The standard InChI is InChI=1S/C12H17N3O/c1-7-8(2)16-9(3)11(7)12(13)10-5-14-15(4)6-10/h5-6,12H,13H2,1-4H3. The summed E-state index contributed by atoms with van der Waals surface area (Å²) in [5.74, 6) is 1.83. The van der Waals surface area contributed by atoms with Crippen molar-refractivity contribution in [3.63, 3.8) is 0 Å². The van der Waals surface area contributed by atoms with Crippen molar-refractivity contribution in [2.24, 2.45) is 12.8 Å². The van der Waals surface area contributed by atoms with Crippen molar-refractivity contribution in [3.05, 3.63) is 40.6 Å². The topological polar surface area (TPSA) is 57.0 Å². The van der Waals surface area contributed by atoms with E-state index in [0.717, 1.165) is 28.2 Å². The molecule has 0 aliphatic rings. The number of aryl methyl sites for hydroxylation is 3. The van der Waals surface area contributed by atoms with E-state index in [9.17, 15) is 0 Å². The van der Waals surface area contributed by atoms with Crippen LogP contribution in [0.3, 0.4) is 0 Å². The smallest absolute Gasteiger partial charge is 0.106 e. The summed E-state index contributed by atoms with van der Waals surface area (Å²) in [6.45, 7) is 5.95. The Balaban J connectivity index is 2.44. The van der Waals surface area contributed by atoms with Crippen molar-refractivity contribution in [3.8, 4) is 0 Å². The van der Waals surface area contributed by atoms with E-state index in [4.69, 9.17) is 10.2 Å². The lowest BCUT2D eigenvalue weighted by Gasteiger charge is -2.09. The van der Waals surface area contributed by atoms with E-state index in [1.807, 2.05) is 34.0 Å². The molecular weight excluding hydrogens is 202 g/mol. The molecule has 2 rings (SSSR count). The van der Waals surface area contributed by atoms with Gasteiger partial charge in [0.1, 0.15) is 11.5 Å². The summed E-state index contributed by atoms with van der Waals surface area (Å²) < 4.78 is 7.34. The Morgan fingerprint density at radius 3 is 2.44 bits per heavy atom. The normalized spacial score (nSPS) is 13.1. The quantitative estimate of drug-likeness (QED) is 0.840. The number of rotatable bonds is 2. The number of nitrogens with two attached hydrogens (primary N) is 1. The highest BCUT2D eigenvalue weighted by atomic mass is 16.3. The average molecular weight is 219 g/mol. The van der Waals surface area contributed by atoms with Crippen LogP contribution in [-0.4, -0.2) is 9.78 Å². The minimum absolute atomic E-state index is 0.161. The van der Waals surface area contributed by atoms with Crippen LogP contribution < -0.4 is 5.73 Å². The second-order valence-electron chi connectivity index (χ2n) is 4.18. The lowest BCUT2D eigenvalue weighted by Crippen LogP contribution is -2.12. The van der Waals surface area contributed by atoms with Gasteiger partial charge in [0.2, 0.25) is 0 Å². The van der Waals surface area contributed by atoms with Crippen molar-refractivity contribution < 1.29 is 4.42 Å². The number of aromatic nitrogens is 2. The highest BCUT2D eigenvalue weighted by molar-refractivity contribution is 5.39. The van der Waals surface area contributed by atoms with E-state index in [1.165, 1.54) is 0 Å². The fraction of sp³-hybridized carbons (Fsp3) is 0.417. The molecule has 2 aromatic heterocycles. The van der Waals surface area contributed by atoms with E-state index in [2.05, 4.69) is 5.10 Å². The van der Waals surface area contributed by atoms with Gasteiger partial charge < -0.3 is 10.2 Å². The highest BCUT2D eigenvalue weighted by Gasteiger charge is 2.20. The molecule has 0 aliphatic carbocycles. The van der Waals surface area contributed by atoms with Gasteiger partial charge in [-0.2, -0.15) is 5.10 Å². The average Bonchev–Trinajstić information content (AvgIpc) is 2.73. The third-order valence-electron chi connectivity index (χ3n) is 3.01. The Morgan fingerprint density at radius 1 is 1.31 bits per heavy atom.